The van der Waals surface area contributed by atoms with Crippen molar-refractivity contribution in [2.75, 3.05) is 20.3 Å². The second kappa shape index (κ2) is 6.57. The monoisotopic (exact) mass is 290 g/mol. The number of carbonyl (C=O) groups is 1. The fourth-order valence-electron chi connectivity index (χ4n) is 1.20. The number of hydrogen-bond acceptors (Lipinski definition) is 6. The van der Waals surface area contributed by atoms with E-state index in [1.165, 1.54) is 7.11 Å². The van der Waals surface area contributed by atoms with Crippen LogP contribution in [-0.2, 0) is 14.8 Å². The van der Waals surface area contributed by atoms with Crippen LogP contribution in [-0.4, -0.2) is 55.9 Å². The highest BCUT2D eigenvalue weighted by molar-refractivity contribution is 7.89. The molecule has 1 rings (SSSR count). The summed E-state index contributed by atoms with van der Waals surface area (Å²) in [6.07, 6.45) is -0.0271. The van der Waals surface area contributed by atoms with E-state index >= 15 is 0 Å². The number of carboxylic acid groups (broad SMARTS) is 1. The summed E-state index contributed by atoms with van der Waals surface area (Å²) in [5, 5.41) is 17.7. The van der Waals surface area contributed by atoms with Crippen LogP contribution in [0.25, 0.3) is 0 Å². The number of sulfonamides is 1. The van der Waals surface area contributed by atoms with E-state index in [0.717, 1.165) is 18.3 Å². The molecule has 0 spiro atoms. The number of nitrogens with one attached hydrogen (secondary N) is 1. The summed E-state index contributed by atoms with van der Waals surface area (Å²) in [5.41, 5.74) is -0.113. The molecule has 0 aliphatic rings. The van der Waals surface area contributed by atoms with Crippen molar-refractivity contribution < 1.29 is 28.2 Å². The quantitative estimate of drug-likeness (QED) is 0.592. The lowest BCUT2D eigenvalue weighted by atomic mass is 10.3. The summed E-state index contributed by atoms with van der Waals surface area (Å²) >= 11 is 0. The Morgan fingerprint density at radius 1 is 1.53 bits per heavy atom. The topological polar surface area (TPSA) is 126 Å². The molecule has 9 heteroatoms. The van der Waals surface area contributed by atoms with Crippen molar-refractivity contribution in [2.45, 2.75) is 11.1 Å². The van der Waals surface area contributed by atoms with Crippen LogP contribution in [0.3, 0.4) is 0 Å². The van der Waals surface area contributed by atoms with Crippen LogP contribution in [0.5, 0.6) is 0 Å². The van der Waals surface area contributed by atoms with Crippen LogP contribution in [0.1, 0.15) is 10.4 Å². The number of aliphatic hydroxyl groups excluding tert-OH is 1. The Kier molecular flexibility index (Phi) is 5.36. The number of hydrogen-bond donors (Lipinski definition) is 3. The van der Waals surface area contributed by atoms with Gasteiger partial charge in [-0.05, 0) is 12.1 Å². The number of pyridine rings is 1. The molecule has 0 radical (unpaired) electrons. The highest BCUT2D eigenvalue weighted by atomic mass is 32.2. The molecule has 0 amide bonds. The van der Waals surface area contributed by atoms with E-state index in [0.29, 0.717) is 0 Å². The normalized spacial score (nSPS) is 13.2. The van der Waals surface area contributed by atoms with Gasteiger partial charge in [0.05, 0.1) is 18.3 Å². The number of methoxy groups -OCH3 is 1. The van der Waals surface area contributed by atoms with Crippen molar-refractivity contribution in [1.82, 2.24) is 9.71 Å². The molecule has 1 heterocycles. The van der Waals surface area contributed by atoms with Crippen molar-refractivity contribution in [1.29, 1.82) is 0 Å². The smallest absolute Gasteiger partial charge is 0.337 e. The average molecular weight is 290 g/mol. The second-order valence-electron chi connectivity index (χ2n) is 3.65. The molecule has 0 aliphatic heterocycles. The predicted molar refractivity (Wildman–Crippen MR) is 64.3 cm³/mol. The zero-order chi connectivity index (χ0) is 14.5. The van der Waals surface area contributed by atoms with Gasteiger partial charge >= 0.3 is 5.97 Å². The fraction of sp³-hybridized carbons (Fsp3) is 0.400. The van der Waals surface area contributed by atoms with Gasteiger partial charge in [0.25, 0.3) is 10.0 Å². The van der Waals surface area contributed by atoms with Crippen molar-refractivity contribution in [3.8, 4) is 0 Å². The zero-order valence-electron chi connectivity index (χ0n) is 10.1. The Balaban J connectivity index is 2.74. The molecule has 0 fully saturated rings. The Hall–Kier alpha value is -1.55. The van der Waals surface area contributed by atoms with Gasteiger partial charge in [0.2, 0.25) is 0 Å². The number of rotatable bonds is 7. The van der Waals surface area contributed by atoms with E-state index in [1.807, 2.05) is 0 Å². The van der Waals surface area contributed by atoms with Gasteiger partial charge in [-0.15, -0.1) is 0 Å². The Bertz CT molecular complexity index is 527. The molecule has 1 aromatic rings. The lowest BCUT2D eigenvalue weighted by molar-refractivity contribution is 0.0679. The molecule has 8 nitrogen and oxygen atoms in total. The van der Waals surface area contributed by atoms with Crippen molar-refractivity contribution >= 4 is 16.0 Å². The third-order valence-corrected chi connectivity index (χ3v) is 3.47. The average Bonchev–Trinajstić information content (AvgIpc) is 2.37. The molecule has 1 unspecified atom stereocenters. The van der Waals surface area contributed by atoms with E-state index in [1.54, 1.807) is 0 Å². The first-order chi connectivity index (χ1) is 8.86. The van der Waals surface area contributed by atoms with Gasteiger partial charge in [-0.2, -0.15) is 0 Å². The van der Waals surface area contributed by atoms with Gasteiger partial charge < -0.3 is 14.9 Å². The number of aromatic carboxylic acids is 1. The van der Waals surface area contributed by atoms with Gasteiger partial charge in [-0.3, -0.25) is 0 Å². The summed E-state index contributed by atoms with van der Waals surface area (Å²) in [4.78, 5) is 14.1. The molecule has 0 bridgehead atoms. The first-order valence-corrected chi connectivity index (χ1v) is 6.71. The maximum atomic E-state index is 11.7. The largest absolute Gasteiger partial charge is 0.478 e. The van der Waals surface area contributed by atoms with E-state index in [2.05, 4.69) is 14.4 Å². The fourth-order valence-corrected chi connectivity index (χ4v) is 2.20. The van der Waals surface area contributed by atoms with Crippen LogP contribution in [0.2, 0.25) is 0 Å². The third kappa shape index (κ3) is 4.56. The zero-order valence-corrected chi connectivity index (χ0v) is 10.9. The number of aliphatic hydroxyl groups is 1. The number of ether oxygens (including phenoxy) is 1. The summed E-state index contributed by atoms with van der Waals surface area (Å²) in [7, 11) is -2.51. The highest BCUT2D eigenvalue weighted by Gasteiger charge is 2.17. The Morgan fingerprint density at radius 2 is 2.21 bits per heavy atom. The minimum Gasteiger partial charge on any atom is -0.478 e. The second-order valence-corrected chi connectivity index (χ2v) is 5.37. The van der Waals surface area contributed by atoms with Crippen molar-refractivity contribution in [2.24, 2.45) is 0 Å². The molecule has 0 saturated carbocycles. The standard InChI is InChI=1S/C10H14N2O6S/c1-18-6-8(13)5-12-19(16,17)9-3-2-7(4-11-9)10(14)15/h2-4,8,12-13H,5-6H2,1H3,(H,14,15). The first-order valence-electron chi connectivity index (χ1n) is 5.23. The van der Waals surface area contributed by atoms with E-state index in [4.69, 9.17) is 5.11 Å². The van der Waals surface area contributed by atoms with Crippen LogP contribution < -0.4 is 4.72 Å². The summed E-state index contributed by atoms with van der Waals surface area (Å²) in [6.45, 7) is -0.230. The van der Waals surface area contributed by atoms with E-state index in [-0.39, 0.29) is 23.7 Å². The Morgan fingerprint density at radius 3 is 2.68 bits per heavy atom. The van der Waals surface area contributed by atoms with Crippen LogP contribution >= 0.6 is 0 Å². The van der Waals surface area contributed by atoms with Gasteiger partial charge in [0, 0.05) is 19.9 Å². The van der Waals surface area contributed by atoms with E-state index in [9.17, 15) is 18.3 Å². The summed E-state index contributed by atoms with van der Waals surface area (Å²) < 4.78 is 30.3. The number of aromatic nitrogens is 1. The van der Waals surface area contributed by atoms with Crippen molar-refractivity contribution in [3.05, 3.63) is 23.9 Å². The molecule has 0 saturated heterocycles. The number of carboxylic acids is 1. The van der Waals surface area contributed by atoms with Crippen molar-refractivity contribution in [3.63, 3.8) is 0 Å². The number of nitrogens with zero attached hydrogens (tertiary/aromatic N) is 1. The molecule has 0 aliphatic carbocycles. The maximum absolute atomic E-state index is 11.7. The van der Waals surface area contributed by atoms with Crippen LogP contribution in [0, 0.1) is 0 Å². The third-order valence-electron chi connectivity index (χ3n) is 2.13. The molecule has 19 heavy (non-hydrogen) atoms. The lowest BCUT2D eigenvalue weighted by Gasteiger charge is -2.10. The van der Waals surface area contributed by atoms with E-state index < -0.39 is 22.1 Å². The Labute approximate surface area is 110 Å². The minimum absolute atomic E-state index is 0.00605. The van der Waals surface area contributed by atoms with Crippen LogP contribution in [0.4, 0.5) is 0 Å². The lowest BCUT2D eigenvalue weighted by Crippen LogP contribution is -2.34. The van der Waals surface area contributed by atoms with Crippen LogP contribution in [0.15, 0.2) is 23.4 Å². The first kappa shape index (κ1) is 15.5. The molecular formula is C10H14N2O6S. The highest BCUT2D eigenvalue weighted by Crippen LogP contribution is 2.06. The van der Waals surface area contributed by atoms with Gasteiger partial charge in [-0.25, -0.2) is 22.9 Å². The molecular weight excluding hydrogens is 276 g/mol. The molecule has 1 aromatic heterocycles. The molecule has 3 N–H and O–H groups in total. The molecule has 1 atom stereocenters. The summed E-state index contributed by atoms with van der Waals surface area (Å²) in [6, 6.07) is 2.21. The van der Waals surface area contributed by atoms with Gasteiger partial charge in [0.15, 0.2) is 5.03 Å². The predicted octanol–water partition coefficient (Wildman–Crippen LogP) is -0.935. The summed E-state index contributed by atoms with van der Waals surface area (Å²) in [5.74, 6) is -1.19. The SMILES string of the molecule is COCC(O)CNS(=O)(=O)c1ccc(C(=O)O)cn1. The minimum atomic E-state index is -3.89. The van der Waals surface area contributed by atoms with Gasteiger partial charge in [0.1, 0.15) is 0 Å². The molecule has 0 aromatic carbocycles. The maximum Gasteiger partial charge on any atom is 0.337 e. The molecule has 106 valence electrons. The van der Waals surface area contributed by atoms with Gasteiger partial charge in [-0.1, -0.05) is 0 Å².